The van der Waals surface area contributed by atoms with E-state index < -0.39 is 12.1 Å². The van der Waals surface area contributed by atoms with Gasteiger partial charge in [-0.3, -0.25) is 4.79 Å². The first kappa shape index (κ1) is 17.4. The first-order valence-corrected chi connectivity index (χ1v) is 7.81. The highest BCUT2D eigenvalue weighted by Crippen LogP contribution is 2.13. The van der Waals surface area contributed by atoms with E-state index in [-0.39, 0.29) is 18.6 Å². The van der Waals surface area contributed by atoms with Crippen LogP contribution in [-0.2, 0) is 25.5 Å². The molecule has 0 saturated carbocycles. The number of nitrogens with one attached hydrogen (secondary N) is 1. The Labute approximate surface area is 135 Å². The van der Waals surface area contributed by atoms with Gasteiger partial charge in [-0.25, -0.2) is 4.79 Å². The van der Waals surface area contributed by atoms with E-state index in [4.69, 9.17) is 14.6 Å². The number of hydrogen-bond acceptors (Lipinski definition) is 4. The maximum absolute atomic E-state index is 12.2. The van der Waals surface area contributed by atoms with Crippen molar-refractivity contribution in [3.05, 3.63) is 35.4 Å². The van der Waals surface area contributed by atoms with Gasteiger partial charge in [-0.2, -0.15) is 0 Å². The molecule has 1 aliphatic heterocycles. The molecule has 1 fully saturated rings. The summed E-state index contributed by atoms with van der Waals surface area (Å²) in [6.07, 6.45) is 1.29. The van der Waals surface area contributed by atoms with Crippen LogP contribution in [0.5, 0.6) is 0 Å². The first-order valence-electron chi connectivity index (χ1n) is 7.81. The van der Waals surface area contributed by atoms with Crippen LogP contribution in [0.4, 0.5) is 0 Å². The number of aliphatic carboxylic acids is 1. The number of hydrogen-bond donors (Lipinski definition) is 2. The van der Waals surface area contributed by atoms with Crippen LogP contribution in [0.1, 0.15) is 24.0 Å². The Balaban J connectivity index is 1.82. The lowest BCUT2D eigenvalue weighted by Gasteiger charge is -2.31. The van der Waals surface area contributed by atoms with Gasteiger partial charge in [0.15, 0.2) is 0 Å². The third-order valence-electron chi connectivity index (χ3n) is 3.95. The van der Waals surface area contributed by atoms with Crippen molar-refractivity contribution in [3.8, 4) is 0 Å². The summed E-state index contributed by atoms with van der Waals surface area (Å²) in [7, 11) is 0. The van der Waals surface area contributed by atoms with Crippen LogP contribution < -0.4 is 5.32 Å². The van der Waals surface area contributed by atoms with Gasteiger partial charge in [-0.1, -0.05) is 24.3 Å². The third kappa shape index (κ3) is 5.65. The Morgan fingerprint density at radius 2 is 2.17 bits per heavy atom. The summed E-state index contributed by atoms with van der Waals surface area (Å²) in [5, 5.41) is 11.6. The van der Waals surface area contributed by atoms with E-state index in [0.29, 0.717) is 32.5 Å². The number of amides is 1. The SMILES string of the molecule is Cc1ccccc1CCC(=O)N[C@@H]1CCOC[C@H]1OCC(=O)O. The molecule has 1 aliphatic rings. The second-order valence-electron chi connectivity index (χ2n) is 5.71. The molecule has 0 unspecified atom stereocenters. The van der Waals surface area contributed by atoms with Crippen LogP contribution in [0, 0.1) is 6.92 Å². The molecule has 1 amide bonds. The van der Waals surface area contributed by atoms with Crippen molar-refractivity contribution in [1.82, 2.24) is 5.32 Å². The molecule has 0 radical (unpaired) electrons. The van der Waals surface area contributed by atoms with Gasteiger partial charge in [0.05, 0.1) is 12.6 Å². The summed E-state index contributed by atoms with van der Waals surface area (Å²) < 4.78 is 10.6. The molecule has 1 aromatic carbocycles. The third-order valence-corrected chi connectivity index (χ3v) is 3.95. The van der Waals surface area contributed by atoms with Gasteiger partial charge in [-0.15, -0.1) is 0 Å². The second-order valence-corrected chi connectivity index (χ2v) is 5.71. The molecule has 1 aromatic rings. The zero-order chi connectivity index (χ0) is 16.7. The quantitative estimate of drug-likeness (QED) is 0.791. The van der Waals surface area contributed by atoms with E-state index >= 15 is 0 Å². The zero-order valence-corrected chi connectivity index (χ0v) is 13.3. The fourth-order valence-corrected chi connectivity index (χ4v) is 2.64. The summed E-state index contributed by atoms with van der Waals surface area (Å²) in [5.74, 6) is -1.08. The predicted octanol–water partition coefficient (Wildman–Crippen LogP) is 1.30. The molecule has 2 atom stereocenters. The largest absolute Gasteiger partial charge is 0.480 e. The Bertz CT molecular complexity index is 546. The van der Waals surface area contributed by atoms with E-state index in [1.54, 1.807) is 0 Å². The van der Waals surface area contributed by atoms with Crippen LogP contribution in [0.2, 0.25) is 0 Å². The van der Waals surface area contributed by atoms with Gasteiger partial charge >= 0.3 is 5.97 Å². The van der Waals surface area contributed by atoms with Crippen molar-refractivity contribution >= 4 is 11.9 Å². The Morgan fingerprint density at radius 1 is 1.39 bits per heavy atom. The van der Waals surface area contributed by atoms with Gasteiger partial charge < -0.3 is 19.9 Å². The summed E-state index contributed by atoms with van der Waals surface area (Å²) >= 11 is 0. The number of carbonyl (C=O) groups excluding carboxylic acids is 1. The molecule has 6 heteroatoms. The molecule has 0 bridgehead atoms. The van der Waals surface area contributed by atoms with Gasteiger partial charge in [0.1, 0.15) is 12.7 Å². The molecule has 126 valence electrons. The maximum atomic E-state index is 12.2. The molecule has 1 heterocycles. The highest BCUT2D eigenvalue weighted by atomic mass is 16.5. The Kier molecular flexibility index (Phi) is 6.55. The van der Waals surface area contributed by atoms with Gasteiger partial charge in [-0.05, 0) is 30.9 Å². The molecule has 23 heavy (non-hydrogen) atoms. The zero-order valence-electron chi connectivity index (χ0n) is 13.3. The molecule has 0 aliphatic carbocycles. The number of carboxylic acids is 1. The number of ether oxygens (including phenoxy) is 2. The summed E-state index contributed by atoms with van der Waals surface area (Å²) in [5.41, 5.74) is 2.34. The van der Waals surface area contributed by atoms with E-state index in [9.17, 15) is 9.59 Å². The molecule has 0 spiro atoms. The normalized spacial score (nSPS) is 20.9. The maximum Gasteiger partial charge on any atom is 0.329 e. The number of aryl methyl sites for hydroxylation is 2. The van der Waals surface area contributed by atoms with Crippen molar-refractivity contribution < 1.29 is 24.2 Å². The van der Waals surface area contributed by atoms with Crippen LogP contribution >= 0.6 is 0 Å². The monoisotopic (exact) mass is 321 g/mol. The van der Waals surface area contributed by atoms with E-state index in [2.05, 4.69) is 5.32 Å². The molecule has 6 nitrogen and oxygen atoms in total. The number of carboxylic acid groups (broad SMARTS) is 1. The van der Waals surface area contributed by atoms with Gasteiger partial charge in [0.2, 0.25) is 5.91 Å². The standard InChI is InChI=1S/C17H23NO5/c1-12-4-2-3-5-13(12)6-7-16(19)18-14-8-9-22-10-15(14)23-11-17(20)21/h2-5,14-15H,6-11H2,1H3,(H,18,19)(H,20,21)/t14-,15-/m1/s1. The van der Waals surface area contributed by atoms with Crippen LogP contribution in [0.3, 0.4) is 0 Å². The van der Waals surface area contributed by atoms with Crippen LogP contribution in [-0.4, -0.2) is 48.9 Å². The minimum absolute atomic E-state index is 0.0518. The number of carbonyl (C=O) groups is 2. The minimum atomic E-state index is -1.03. The highest BCUT2D eigenvalue weighted by Gasteiger charge is 2.28. The molecule has 1 saturated heterocycles. The molecule has 2 N–H and O–H groups in total. The highest BCUT2D eigenvalue weighted by molar-refractivity contribution is 5.76. The fourth-order valence-electron chi connectivity index (χ4n) is 2.64. The van der Waals surface area contributed by atoms with Crippen molar-refractivity contribution in [2.24, 2.45) is 0 Å². The van der Waals surface area contributed by atoms with E-state index in [1.165, 1.54) is 5.56 Å². The van der Waals surface area contributed by atoms with Crippen molar-refractivity contribution in [2.45, 2.75) is 38.3 Å². The number of benzene rings is 1. The minimum Gasteiger partial charge on any atom is -0.480 e. The molecule has 0 aromatic heterocycles. The van der Waals surface area contributed by atoms with Crippen molar-refractivity contribution in [1.29, 1.82) is 0 Å². The first-order chi connectivity index (χ1) is 11.1. The molecular weight excluding hydrogens is 298 g/mol. The second kappa shape index (κ2) is 8.64. The van der Waals surface area contributed by atoms with Crippen molar-refractivity contribution in [2.75, 3.05) is 19.8 Å². The van der Waals surface area contributed by atoms with E-state index in [1.807, 2.05) is 31.2 Å². The van der Waals surface area contributed by atoms with Gasteiger partial charge in [0, 0.05) is 13.0 Å². The summed E-state index contributed by atoms with van der Waals surface area (Å²) in [4.78, 5) is 22.8. The topological polar surface area (TPSA) is 84.9 Å². The lowest BCUT2D eigenvalue weighted by molar-refractivity contribution is -0.149. The van der Waals surface area contributed by atoms with E-state index in [0.717, 1.165) is 5.56 Å². The molecular formula is C17H23NO5. The summed E-state index contributed by atoms with van der Waals surface area (Å²) in [6, 6.07) is 7.80. The Hall–Kier alpha value is -1.92. The lowest BCUT2D eigenvalue weighted by atomic mass is 10.0. The predicted molar refractivity (Wildman–Crippen MR) is 84.2 cm³/mol. The summed E-state index contributed by atoms with van der Waals surface area (Å²) in [6.45, 7) is 2.48. The fraction of sp³-hybridized carbons (Fsp3) is 0.529. The van der Waals surface area contributed by atoms with Crippen LogP contribution in [0.25, 0.3) is 0 Å². The van der Waals surface area contributed by atoms with Crippen molar-refractivity contribution in [3.63, 3.8) is 0 Å². The van der Waals surface area contributed by atoms with Gasteiger partial charge in [0.25, 0.3) is 0 Å². The van der Waals surface area contributed by atoms with Crippen LogP contribution in [0.15, 0.2) is 24.3 Å². The molecule has 2 rings (SSSR count). The smallest absolute Gasteiger partial charge is 0.329 e. The number of rotatable bonds is 7. The lowest BCUT2D eigenvalue weighted by Crippen LogP contribution is -2.50. The Morgan fingerprint density at radius 3 is 2.91 bits per heavy atom. The average Bonchev–Trinajstić information content (AvgIpc) is 2.53. The average molecular weight is 321 g/mol.